The van der Waals surface area contributed by atoms with Gasteiger partial charge < -0.3 is 10.2 Å². The van der Waals surface area contributed by atoms with Crippen molar-refractivity contribution in [3.63, 3.8) is 0 Å². The number of halogens is 1. The molecule has 0 amide bonds. The molecule has 3 nitrogen and oxygen atoms in total. The molecule has 2 aromatic carbocycles. The number of hydrogen-bond donors (Lipinski definition) is 2. The lowest BCUT2D eigenvalue weighted by Gasteiger charge is -2.04. The summed E-state index contributed by atoms with van der Waals surface area (Å²) in [5.41, 5.74) is 1.28. The fourth-order valence-electron chi connectivity index (χ4n) is 1.53. The SMILES string of the molecule is N#Cc1cc(O)cc(-c2ccc(O)c(F)c2)c1. The fraction of sp³-hybridized carbons (Fsp3) is 0. The summed E-state index contributed by atoms with van der Waals surface area (Å²) in [5, 5.41) is 27.2. The Hall–Kier alpha value is -2.54. The van der Waals surface area contributed by atoms with Crippen LogP contribution in [0.3, 0.4) is 0 Å². The van der Waals surface area contributed by atoms with E-state index in [4.69, 9.17) is 10.4 Å². The molecule has 0 heterocycles. The normalized spacial score (nSPS) is 9.88. The van der Waals surface area contributed by atoms with Crippen LogP contribution in [0.5, 0.6) is 11.5 Å². The molecule has 2 rings (SSSR count). The van der Waals surface area contributed by atoms with Crippen molar-refractivity contribution < 1.29 is 14.6 Å². The lowest BCUT2D eigenvalue weighted by atomic mass is 10.0. The molecule has 0 saturated carbocycles. The molecule has 2 N–H and O–H groups in total. The number of hydrogen-bond acceptors (Lipinski definition) is 3. The highest BCUT2D eigenvalue weighted by Crippen LogP contribution is 2.28. The molecule has 0 fully saturated rings. The van der Waals surface area contributed by atoms with Gasteiger partial charge in [0.2, 0.25) is 0 Å². The smallest absolute Gasteiger partial charge is 0.165 e. The zero-order valence-corrected chi connectivity index (χ0v) is 8.68. The number of phenolic OH excluding ortho intramolecular Hbond substituents is 2. The monoisotopic (exact) mass is 229 g/mol. The van der Waals surface area contributed by atoms with Gasteiger partial charge in [-0.3, -0.25) is 0 Å². The fourth-order valence-corrected chi connectivity index (χ4v) is 1.53. The lowest BCUT2D eigenvalue weighted by Crippen LogP contribution is -1.83. The zero-order valence-electron chi connectivity index (χ0n) is 8.68. The molecule has 4 heteroatoms. The summed E-state index contributed by atoms with van der Waals surface area (Å²) in [7, 11) is 0. The molecule has 0 saturated heterocycles. The second kappa shape index (κ2) is 4.14. The van der Waals surface area contributed by atoms with Gasteiger partial charge in [0.25, 0.3) is 0 Å². The van der Waals surface area contributed by atoms with Crippen LogP contribution < -0.4 is 0 Å². The highest BCUT2D eigenvalue weighted by Gasteiger charge is 2.06. The second-order valence-electron chi connectivity index (χ2n) is 3.55. The third kappa shape index (κ3) is 2.18. The predicted molar refractivity (Wildman–Crippen MR) is 59.9 cm³/mol. The van der Waals surface area contributed by atoms with E-state index in [1.54, 1.807) is 0 Å². The number of rotatable bonds is 1. The maximum atomic E-state index is 13.2. The standard InChI is InChI=1S/C13H8FNO2/c14-12-6-9(1-2-13(12)17)10-3-8(7-15)4-11(16)5-10/h1-6,16-17H. The first-order valence-corrected chi connectivity index (χ1v) is 4.83. The Balaban J connectivity index is 2.56. The molecule has 0 aliphatic heterocycles. The Bertz CT molecular complexity index is 617. The molecule has 84 valence electrons. The van der Waals surface area contributed by atoms with E-state index in [9.17, 15) is 9.50 Å². The van der Waals surface area contributed by atoms with Gasteiger partial charge in [0, 0.05) is 0 Å². The van der Waals surface area contributed by atoms with Gasteiger partial charge in [-0.1, -0.05) is 6.07 Å². The van der Waals surface area contributed by atoms with Crippen LogP contribution in [-0.4, -0.2) is 10.2 Å². The third-order valence-electron chi connectivity index (χ3n) is 2.33. The third-order valence-corrected chi connectivity index (χ3v) is 2.33. The van der Waals surface area contributed by atoms with Crippen molar-refractivity contribution in [1.82, 2.24) is 0 Å². The average Bonchev–Trinajstić information content (AvgIpc) is 2.32. The van der Waals surface area contributed by atoms with E-state index >= 15 is 0 Å². The Morgan fingerprint density at radius 3 is 2.41 bits per heavy atom. The van der Waals surface area contributed by atoms with Crippen LogP contribution in [-0.2, 0) is 0 Å². The summed E-state index contributed by atoms with van der Waals surface area (Å²) < 4.78 is 13.2. The number of benzene rings is 2. The summed E-state index contributed by atoms with van der Waals surface area (Å²) in [5.74, 6) is -1.24. The number of nitriles is 1. The maximum Gasteiger partial charge on any atom is 0.165 e. The number of phenols is 2. The minimum atomic E-state index is -0.746. The first-order chi connectivity index (χ1) is 8.10. The van der Waals surface area contributed by atoms with Gasteiger partial charge in [0.05, 0.1) is 11.6 Å². The van der Waals surface area contributed by atoms with E-state index in [1.807, 2.05) is 6.07 Å². The van der Waals surface area contributed by atoms with Gasteiger partial charge in [-0.15, -0.1) is 0 Å². The molecule has 0 atom stereocenters. The van der Waals surface area contributed by atoms with Gasteiger partial charge in [0.15, 0.2) is 11.6 Å². The molecule has 0 radical (unpaired) electrons. The molecular formula is C13H8FNO2. The molecule has 17 heavy (non-hydrogen) atoms. The average molecular weight is 229 g/mol. The van der Waals surface area contributed by atoms with Crippen molar-refractivity contribution in [3.8, 4) is 28.7 Å². The molecule has 0 aliphatic carbocycles. The van der Waals surface area contributed by atoms with Gasteiger partial charge in [-0.05, 0) is 41.5 Å². The van der Waals surface area contributed by atoms with Crippen molar-refractivity contribution in [2.75, 3.05) is 0 Å². The molecule has 0 aliphatic rings. The highest BCUT2D eigenvalue weighted by molar-refractivity contribution is 5.67. The van der Waals surface area contributed by atoms with Crippen molar-refractivity contribution in [1.29, 1.82) is 5.26 Å². The molecule has 0 bridgehead atoms. The topological polar surface area (TPSA) is 64.2 Å². The van der Waals surface area contributed by atoms with Crippen LogP contribution in [0, 0.1) is 17.1 Å². The van der Waals surface area contributed by atoms with E-state index in [1.165, 1.54) is 30.3 Å². The summed E-state index contributed by atoms with van der Waals surface area (Å²) in [6.07, 6.45) is 0. The molecule has 2 aromatic rings. The van der Waals surface area contributed by atoms with Gasteiger partial charge >= 0.3 is 0 Å². The zero-order chi connectivity index (χ0) is 12.4. The second-order valence-corrected chi connectivity index (χ2v) is 3.55. The van der Waals surface area contributed by atoms with Gasteiger partial charge in [-0.25, -0.2) is 4.39 Å². The van der Waals surface area contributed by atoms with E-state index in [0.717, 1.165) is 6.07 Å². The summed E-state index contributed by atoms with van der Waals surface area (Å²) in [4.78, 5) is 0. The van der Waals surface area contributed by atoms with Crippen LogP contribution in [0.2, 0.25) is 0 Å². The van der Waals surface area contributed by atoms with Crippen LogP contribution in [0.15, 0.2) is 36.4 Å². The Labute approximate surface area is 97.0 Å². The van der Waals surface area contributed by atoms with E-state index < -0.39 is 11.6 Å². The van der Waals surface area contributed by atoms with Crippen LogP contribution in [0.1, 0.15) is 5.56 Å². The Morgan fingerprint density at radius 2 is 1.76 bits per heavy atom. The summed E-state index contributed by atoms with van der Waals surface area (Å²) in [6.45, 7) is 0. The minimum Gasteiger partial charge on any atom is -0.508 e. The minimum absolute atomic E-state index is 0.0625. The molecule has 0 aromatic heterocycles. The van der Waals surface area contributed by atoms with E-state index in [2.05, 4.69) is 0 Å². The quantitative estimate of drug-likeness (QED) is 0.790. The van der Waals surface area contributed by atoms with Crippen LogP contribution in [0.4, 0.5) is 4.39 Å². The van der Waals surface area contributed by atoms with Gasteiger partial charge in [-0.2, -0.15) is 5.26 Å². The van der Waals surface area contributed by atoms with E-state index in [0.29, 0.717) is 11.1 Å². The maximum absolute atomic E-state index is 13.2. The first-order valence-electron chi connectivity index (χ1n) is 4.83. The van der Waals surface area contributed by atoms with Crippen LogP contribution >= 0.6 is 0 Å². The first kappa shape index (κ1) is 11.0. The van der Waals surface area contributed by atoms with Crippen molar-refractivity contribution in [3.05, 3.63) is 47.8 Å². The van der Waals surface area contributed by atoms with Gasteiger partial charge in [0.1, 0.15) is 5.75 Å². The lowest BCUT2D eigenvalue weighted by molar-refractivity contribution is 0.432. The predicted octanol–water partition coefficient (Wildman–Crippen LogP) is 2.78. The Morgan fingerprint density at radius 1 is 1.00 bits per heavy atom. The number of aromatic hydroxyl groups is 2. The summed E-state index contributed by atoms with van der Waals surface area (Å²) >= 11 is 0. The Kier molecular flexibility index (Phi) is 2.67. The molecular weight excluding hydrogens is 221 g/mol. The number of nitrogens with zero attached hydrogens (tertiary/aromatic N) is 1. The van der Waals surface area contributed by atoms with E-state index in [-0.39, 0.29) is 11.3 Å². The highest BCUT2D eigenvalue weighted by atomic mass is 19.1. The summed E-state index contributed by atoms with van der Waals surface area (Å²) in [6, 6.07) is 10.1. The molecule has 0 spiro atoms. The van der Waals surface area contributed by atoms with Crippen LogP contribution in [0.25, 0.3) is 11.1 Å². The van der Waals surface area contributed by atoms with Crippen molar-refractivity contribution in [2.24, 2.45) is 0 Å². The van der Waals surface area contributed by atoms with Crippen molar-refractivity contribution >= 4 is 0 Å². The largest absolute Gasteiger partial charge is 0.508 e. The van der Waals surface area contributed by atoms with Crippen molar-refractivity contribution in [2.45, 2.75) is 0 Å². The molecule has 0 unspecified atom stereocenters.